The molecule has 1 rings (SSSR count). The van der Waals surface area contributed by atoms with Crippen molar-refractivity contribution in [2.75, 3.05) is 14.2 Å². The second-order valence-electron chi connectivity index (χ2n) is 6.15. The molecule has 0 heterocycles. The first-order valence-corrected chi connectivity index (χ1v) is 7.42. The molecule has 0 saturated carbocycles. The highest BCUT2D eigenvalue weighted by molar-refractivity contribution is 5.85. The van der Waals surface area contributed by atoms with Crippen molar-refractivity contribution in [1.29, 1.82) is 0 Å². The first kappa shape index (κ1) is 18.8. The van der Waals surface area contributed by atoms with Crippen molar-refractivity contribution < 1.29 is 19.4 Å². The molecule has 0 aliphatic rings. The standard InChI is InChI=1S/C19H26O4/c1-8-10-19(17(20)21,18(4,5)9-2)14-12-15(22-6)13(3)11-16(14)23-7/h8-9,11-12H,1-2,10H2,3-7H3,(H,20,21). The van der Waals surface area contributed by atoms with E-state index in [0.717, 1.165) is 5.56 Å². The van der Waals surface area contributed by atoms with Crippen LogP contribution in [0.1, 0.15) is 31.4 Å². The Labute approximate surface area is 138 Å². The zero-order chi connectivity index (χ0) is 17.8. The van der Waals surface area contributed by atoms with Crippen LogP contribution in [0.4, 0.5) is 0 Å². The van der Waals surface area contributed by atoms with Gasteiger partial charge in [0.25, 0.3) is 0 Å². The summed E-state index contributed by atoms with van der Waals surface area (Å²) in [7, 11) is 3.10. The van der Waals surface area contributed by atoms with E-state index in [0.29, 0.717) is 17.1 Å². The highest BCUT2D eigenvalue weighted by Gasteiger charge is 2.52. The quantitative estimate of drug-likeness (QED) is 0.732. The molecule has 4 nitrogen and oxygen atoms in total. The molecule has 23 heavy (non-hydrogen) atoms. The van der Waals surface area contributed by atoms with Gasteiger partial charge in [-0.1, -0.05) is 26.0 Å². The number of methoxy groups -OCH3 is 2. The molecule has 0 bridgehead atoms. The van der Waals surface area contributed by atoms with E-state index in [-0.39, 0.29) is 6.42 Å². The van der Waals surface area contributed by atoms with E-state index < -0.39 is 16.8 Å². The summed E-state index contributed by atoms with van der Waals surface area (Å²) in [5, 5.41) is 10.1. The first-order valence-electron chi connectivity index (χ1n) is 7.42. The van der Waals surface area contributed by atoms with Gasteiger partial charge in [0.15, 0.2) is 0 Å². The predicted molar refractivity (Wildman–Crippen MR) is 92.4 cm³/mol. The number of carboxylic acid groups (broad SMARTS) is 1. The molecular formula is C19H26O4. The fraction of sp³-hybridized carbons (Fsp3) is 0.421. The smallest absolute Gasteiger partial charge is 0.315 e. The first-order chi connectivity index (χ1) is 10.7. The Morgan fingerprint density at radius 3 is 2.17 bits per heavy atom. The van der Waals surface area contributed by atoms with Crippen LogP contribution in [0.2, 0.25) is 0 Å². The molecule has 126 valence electrons. The van der Waals surface area contributed by atoms with Crippen molar-refractivity contribution in [3.63, 3.8) is 0 Å². The Morgan fingerprint density at radius 2 is 1.78 bits per heavy atom. The molecule has 1 N–H and O–H groups in total. The number of allylic oxidation sites excluding steroid dienone is 2. The van der Waals surface area contributed by atoms with Crippen molar-refractivity contribution in [3.05, 3.63) is 48.6 Å². The summed E-state index contributed by atoms with van der Waals surface area (Å²) in [4.78, 5) is 12.4. The number of hydrogen-bond donors (Lipinski definition) is 1. The minimum absolute atomic E-state index is 0.240. The topological polar surface area (TPSA) is 55.8 Å². The van der Waals surface area contributed by atoms with Gasteiger partial charge in [-0.25, -0.2) is 0 Å². The van der Waals surface area contributed by atoms with Crippen LogP contribution in [0.5, 0.6) is 11.5 Å². The van der Waals surface area contributed by atoms with Crippen molar-refractivity contribution in [1.82, 2.24) is 0 Å². The highest BCUT2D eigenvalue weighted by Crippen LogP contribution is 2.50. The monoisotopic (exact) mass is 318 g/mol. The van der Waals surface area contributed by atoms with Crippen LogP contribution < -0.4 is 9.47 Å². The van der Waals surface area contributed by atoms with Crippen LogP contribution in [-0.4, -0.2) is 25.3 Å². The minimum atomic E-state index is -1.26. The SMILES string of the molecule is C=CCC(C(=O)O)(c1cc(OC)c(C)cc1OC)C(C)(C)C=C. The van der Waals surface area contributed by atoms with Gasteiger partial charge in [-0.05, 0) is 31.0 Å². The lowest BCUT2D eigenvalue weighted by Gasteiger charge is -2.42. The maximum atomic E-state index is 12.4. The number of carbonyl (C=O) groups is 1. The second-order valence-corrected chi connectivity index (χ2v) is 6.15. The van der Waals surface area contributed by atoms with E-state index >= 15 is 0 Å². The Kier molecular flexibility index (Phi) is 5.65. The van der Waals surface area contributed by atoms with Gasteiger partial charge in [-0.15, -0.1) is 13.2 Å². The van der Waals surface area contributed by atoms with Crippen molar-refractivity contribution in [3.8, 4) is 11.5 Å². The molecule has 0 spiro atoms. The normalized spacial score (nSPS) is 13.8. The van der Waals surface area contributed by atoms with Crippen LogP contribution in [-0.2, 0) is 10.2 Å². The fourth-order valence-electron chi connectivity index (χ4n) is 2.97. The molecule has 0 aromatic heterocycles. The average Bonchev–Trinajstić information content (AvgIpc) is 2.51. The average molecular weight is 318 g/mol. The van der Waals surface area contributed by atoms with E-state index in [9.17, 15) is 9.90 Å². The third-order valence-electron chi connectivity index (χ3n) is 4.60. The number of hydrogen-bond acceptors (Lipinski definition) is 3. The molecule has 0 aliphatic carbocycles. The van der Waals surface area contributed by atoms with Gasteiger partial charge in [0, 0.05) is 11.0 Å². The van der Waals surface area contributed by atoms with Crippen LogP contribution in [0.3, 0.4) is 0 Å². The van der Waals surface area contributed by atoms with E-state index in [1.165, 1.54) is 7.11 Å². The minimum Gasteiger partial charge on any atom is -0.496 e. The van der Waals surface area contributed by atoms with Gasteiger partial charge in [-0.2, -0.15) is 0 Å². The lowest BCUT2D eigenvalue weighted by Crippen LogP contribution is -2.47. The third-order valence-corrected chi connectivity index (χ3v) is 4.60. The van der Waals surface area contributed by atoms with E-state index in [1.54, 1.807) is 31.4 Å². The number of aryl methyl sites for hydroxylation is 1. The summed E-state index contributed by atoms with van der Waals surface area (Å²) in [5.74, 6) is 0.185. The van der Waals surface area contributed by atoms with Crippen molar-refractivity contribution in [2.24, 2.45) is 5.41 Å². The van der Waals surface area contributed by atoms with E-state index in [1.807, 2.05) is 20.8 Å². The third kappa shape index (κ3) is 2.98. The lowest BCUT2D eigenvalue weighted by atomic mass is 9.59. The van der Waals surface area contributed by atoms with Gasteiger partial charge in [-0.3, -0.25) is 4.79 Å². The van der Waals surface area contributed by atoms with Gasteiger partial charge in [0.1, 0.15) is 16.9 Å². The Morgan fingerprint density at radius 1 is 1.22 bits per heavy atom. The summed E-state index contributed by atoms with van der Waals surface area (Å²) in [6.45, 7) is 13.2. The van der Waals surface area contributed by atoms with Gasteiger partial charge >= 0.3 is 5.97 Å². The number of rotatable bonds is 8. The zero-order valence-electron chi connectivity index (χ0n) is 14.6. The summed E-state index contributed by atoms with van der Waals surface area (Å²) in [6.07, 6.45) is 3.52. The number of ether oxygens (including phenoxy) is 2. The molecule has 1 aromatic carbocycles. The number of benzene rings is 1. The largest absolute Gasteiger partial charge is 0.496 e. The molecule has 1 aromatic rings. The van der Waals surface area contributed by atoms with Crippen LogP contribution in [0, 0.1) is 12.3 Å². The molecule has 4 heteroatoms. The molecule has 0 aliphatic heterocycles. The lowest BCUT2D eigenvalue weighted by molar-refractivity contribution is -0.147. The summed E-state index contributed by atoms with van der Waals surface area (Å²) >= 11 is 0. The van der Waals surface area contributed by atoms with Crippen LogP contribution >= 0.6 is 0 Å². The molecule has 1 atom stereocenters. The van der Waals surface area contributed by atoms with Crippen LogP contribution in [0.25, 0.3) is 0 Å². The van der Waals surface area contributed by atoms with Crippen molar-refractivity contribution >= 4 is 5.97 Å². The maximum absolute atomic E-state index is 12.4. The summed E-state index contributed by atoms with van der Waals surface area (Å²) < 4.78 is 10.9. The molecule has 0 radical (unpaired) electrons. The summed E-state index contributed by atoms with van der Waals surface area (Å²) in [6, 6.07) is 3.55. The molecular weight excluding hydrogens is 292 g/mol. The van der Waals surface area contributed by atoms with Crippen molar-refractivity contribution in [2.45, 2.75) is 32.6 Å². The van der Waals surface area contributed by atoms with Gasteiger partial charge in [0.2, 0.25) is 0 Å². The fourth-order valence-corrected chi connectivity index (χ4v) is 2.97. The molecule has 0 saturated heterocycles. The Hall–Kier alpha value is -2.23. The van der Waals surface area contributed by atoms with E-state index in [2.05, 4.69) is 13.2 Å². The Balaban J connectivity index is 3.90. The summed E-state index contributed by atoms with van der Waals surface area (Å²) in [5.41, 5.74) is -0.564. The van der Waals surface area contributed by atoms with Gasteiger partial charge in [0.05, 0.1) is 14.2 Å². The number of aliphatic carboxylic acids is 1. The molecule has 0 fully saturated rings. The van der Waals surface area contributed by atoms with Crippen LogP contribution in [0.15, 0.2) is 37.4 Å². The van der Waals surface area contributed by atoms with Gasteiger partial charge < -0.3 is 14.6 Å². The predicted octanol–water partition coefficient (Wildman–Crippen LogP) is 4.12. The Bertz CT molecular complexity index is 616. The molecule has 0 amide bonds. The van der Waals surface area contributed by atoms with E-state index in [4.69, 9.17) is 9.47 Å². The number of carboxylic acids is 1. The maximum Gasteiger partial charge on any atom is 0.315 e. The molecule has 1 unspecified atom stereocenters. The second kappa shape index (κ2) is 6.90. The highest BCUT2D eigenvalue weighted by atomic mass is 16.5. The zero-order valence-corrected chi connectivity index (χ0v) is 14.6.